The lowest BCUT2D eigenvalue weighted by Gasteiger charge is -2.09. The Morgan fingerprint density at radius 2 is 1.71 bits per heavy atom. The van der Waals surface area contributed by atoms with Gasteiger partial charge in [-0.1, -0.05) is 18.2 Å². The van der Waals surface area contributed by atoms with Crippen molar-refractivity contribution in [3.8, 4) is 0 Å². The van der Waals surface area contributed by atoms with Gasteiger partial charge in [-0.2, -0.15) is 18.3 Å². The summed E-state index contributed by atoms with van der Waals surface area (Å²) < 4.78 is 60.8. The second kappa shape index (κ2) is 6.64. The maximum Gasteiger partial charge on any atom is 0.416 e. The summed E-state index contributed by atoms with van der Waals surface area (Å²) in [6.07, 6.45) is -3.31. The van der Waals surface area contributed by atoms with Crippen LogP contribution in [0.5, 0.6) is 0 Å². The molecule has 0 atom stereocenters. The first-order chi connectivity index (χ1) is 11.1. The molecular formula is C16H15F3N2O2S. The van der Waals surface area contributed by atoms with Gasteiger partial charge in [-0.15, -0.1) is 0 Å². The molecule has 8 heteroatoms. The molecule has 0 saturated carbocycles. The fraction of sp³-hybridized carbons (Fsp3) is 0.188. The van der Waals surface area contributed by atoms with E-state index in [2.05, 4.69) is 10.5 Å². The molecule has 128 valence electrons. The number of nitrogens with one attached hydrogen (secondary N) is 1. The highest BCUT2D eigenvalue weighted by atomic mass is 32.2. The van der Waals surface area contributed by atoms with Crippen LogP contribution in [0.15, 0.2) is 58.5 Å². The van der Waals surface area contributed by atoms with Crippen LogP contribution in [-0.2, 0) is 16.0 Å². The van der Waals surface area contributed by atoms with Crippen molar-refractivity contribution in [2.75, 3.05) is 11.7 Å². The number of rotatable bonds is 4. The van der Waals surface area contributed by atoms with Gasteiger partial charge in [0.1, 0.15) is 0 Å². The summed E-state index contributed by atoms with van der Waals surface area (Å²) >= 11 is 0. The van der Waals surface area contributed by atoms with Crippen molar-refractivity contribution in [3.05, 3.63) is 59.7 Å². The number of hydrogen-bond donors (Lipinski definition) is 1. The Kier molecular flexibility index (Phi) is 4.98. The first-order valence-electron chi connectivity index (χ1n) is 6.85. The van der Waals surface area contributed by atoms with Gasteiger partial charge in [0.2, 0.25) is 0 Å². The third kappa shape index (κ3) is 4.58. The van der Waals surface area contributed by atoms with Crippen LogP contribution < -0.4 is 5.43 Å². The highest BCUT2D eigenvalue weighted by Crippen LogP contribution is 2.30. The van der Waals surface area contributed by atoms with Gasteiger partial charge in [0.05, 0.1) is 21.9 Å². The lowest BCUT2D eigenvalue weighted by atomic mass is 10.1. The van der Waals surface area contributed by atoms with Crippen LogP contribution in [-0.4, -0.2) is 20.4 Å². The van der Waals surface area contributed by atoms with E-state index in [1.807, 2.05) is 0 Å². The Hall–Kier alpha value is -2.35. The molecule has 24 heavy (non-hydrogen) atoms. The SMILES string of the molecule is C/C(=N\Nc1cccc(C(F)(F)F)c1)c1ccc(S(C)(=O)=O)cc1. The maximum atomic E-state index is 12.7. The van der Waals surface area contributed by atoms with E-state index in [1.165, 1.54) is 24.3 Å². The molecule has 0 spiro atoms. The van der Waals surface area contributed by atoms with Gasteiger partial charge < -0.3 is 0 Å². The van der Waals surface area contributed by atoms with Crippen molar-refractivity contribution in [1.82, 2.24) is 0 Å². The molecule has 0 aromatic heterocycles. The predicted molar refractivity (Wildman–Crippen MR) is 86.8 cm³/mol. The van der Waals surface area contributed by atoms with E-state index in [-0.39, 0.29) is 10.6 Å². The molecule has 2 aromatic carbocycles. The Bertz CT molecular complexity index is 858. The second-order valence-electron chi connectivity index (χ2n) is 5.18. The smallest absolute Gasteiger partial charge is 0.278 e. The van der Waals surface area contributed by atoms with Crippen molar-refractivity contribution < 1.29 is 21.6 Å². The van der Waals surface area contributed by atoms with Crippen LogP contribution in [0.2, 0.25) is 0 Å². The molecular weight excluding hydrogens is 341 g/mol. The standard InChI is InChI=1S/C16H15F3N2O2S/c1-11(12-6-8-15(9-7-12)24(2,22)23)20-21-14-5-3-4-13(10-14)16(17,18)19/h3-10,21H,1-2H3/b20-11+. The first-order valence-corrected chi connectivity index (χ1v) is 8.74. The van der Waals surface area contributed by atoms with Gasteiger partial charge in [-0.3, -0.25) is 5.43 Å². The minimum atomic E-state index is -4.42. The maximum absolute atomic E-state index is 12.7. The normalized spacial score (nSPS) is 13.0. The Balaban J connectivity index is 2.17. The summed E-state index contributed by atoms with van der Waals surface area (Å²) in [7, 11) is -3.28. The Morgan fingerprint density at radius 1 is 1.08 bits per heavy atom. The van der Waals surface area contributed by atoms with Gasteiger partial charge in [0, 0.05) is 6.26 Å². The van der Waals surface area contributed by atoms with E-state index in [0.717, 1.165) is 18.4 Å². The van der Waals surface area contributed by atoms with E-state index >= 15 is 0 Å². The second-order valence-corrected chi connectivity index (χ2v) is 7.20. The zero-order valence-electron chi connectivity index (χ0n) is 12.9. The van der Waals surface area contributed by atoms with E-state index in [4.69, 9.17) is 0 Å². The fourth-order valence-electron chi connectivity index (χ4n) is 1.92. The molecule has 2 aromatic rings. The predicted octanol–water partition coefficient (Wildman–Crippen LogP) is 3.95. The van der Waals surface area contributed by atoms with E-state index in [1.54, 1.807) is 19.1 Å². The summed E-state index contributed by atoms with van der Waals surface area (Å²) in [6, 6.07) is 10.8. The molecule has 4 nitrogen and oxygen atoms in total. The van der Waals surface area contributed by atoms with Crippen LogP contribution >= 0.6 is 0 Å². The van der Waals surface area contributed by atoms with Crippen molar-refractivity contribution >= 4 is 21.2 Å². The summed E-state index contributed by atoms with van der Waals surface area (Å²) in [5, 5.41) is 4.03. The largest absolute Gasteiger partial charge is 0.416 e. The van der Waals surface area contributed by atoms with Crippen molar-refractivity contribution in [2.24, 2.45) is 5.10 Å². The van der Waals surface area contributed by atoms with Gasteiger partial charge in [0.15, 0.2) is 9.84 Å². The number of hydrogen-bond acceptors (Lipinski definition) is 4. The molecule has 1 N–H and O–H groups in total. The summed E-state index contributed by atoms with van der Waals surface area (Å²) in [4.78, 5) is 0.185. The Morgan fingerprint density at radius 3 is 2.25 bits per heavy atom. The lowest BCUT2D eigenvalue weighted by Crippen LogP contribution is -2.06. The number of alkyl halides is 3. The minimum absolute atomic E-state index is 0.185. The molecule has 0 aliphatic carbocycles. The molecule has 0 heterocycles. The number of nitrogens with zero attached hydrogens (tertiary/aromatic N) is 1. The molecule has 2 rings (SSSR count). The molecule has 0 saturated heterocycles. The molecule has 0 fully saturated rings. The highest BCUT2D eigenvalue weighted by Gasteiger charge is 2.30. The summed E-state index contributed by atoms with van der Waals surface area (Å²) in [5.74, 6) is 0. The van der Waals surface area contributed by atoms with Crippen LogP contribution in [0.4, 0.5) is 18.9 Å². The minimum Gasteiger partial charge on any atom is -0.278 e. The van der Waals surface area contributed by atoms with Gasteiger partial charge in [-0.25, -0.2) is 8.42 Å². The molecule has 0 unspecified atom stereocenters. The summed E-state index contributed by atoms with van der Waals surface area (Å²) in [5.41, 5.74) is 3.17. The van der Waals surface area contributed by atoms with Gasteiger partial charge in [0.25, 0.3) is 0 Å². The van der Waals surface area contributed by atoms with Crippen molar-refractivity contribution in [3.63, 3.8) is 0 Å². The average Bonchev–Trinajstić information content (AvgIpc) is 2.51. The van der Waals surface area contributed by atoms with Crippen LogP contribution in [0.1, 0.15) is 18.1 Å². The van der Waals surface area contributed by atoms with E-state index in [0.29, 0.717) is 11.3 Å². The zero-order chi connectivity index (χ0) is 18.0. The summed E-state index contributed by atoms with van der Waals surface area (Å²) in [6.45, 7) is 1.66. The topological polar surface area (TPSA) is 58.5 Å². The quantitative estimate of drug-likeness (QED) is 0.667. The van der Waals surface area contributed by atoms with E-state index < -0.39 is 21.6 Å². The molecule has 0 amide bonds. The van der Waals surface area contributed by atoms with Crippen LogP contribution in [0.3, 0.4) is 0 Å². The van der Waals surface area contributed by atoms with Crippen LogP contribution in [0, 0.1) is 0 Å². The molecule has 0 bridgehead atoms. The average molecular weight is 356 g/mol. The fourth-order valence-corrected chi connectivity index (χ4v) is 2.55. The number of halogens is 3. The highest BCUT2D eigenvalue weighted by molar-refractivity contribution is 7.90. The molecule has 0 radical (unpaired) electrons. The number of anilines is 1. The van der Waals surface area contributed by atoms with Gasteiger partial charge >= 0.3 is 6.18 Å². The van der Waals surface area contributed by atoms with Crippen molar-refractivity contribution in [1.29, 1.82) is 0 Å². The monoisotopic (exact) mass is 356 g/mol. The number of sulfone groups is 1. The van der Waals surface area contributed by atoms with Crippen LogP contribution in [0.25, 0.3) is 0 Å². The van der Waals surface area contributed by atoms with Gasteiger partial charge in [-0.05, 0) is 42.8 Å². The third-order valence-corrected chi connectivity index (χ3v) is 4.37. The lowest BCUT2D eigenvalue weighted by molar-refractivity contribution is -0.137. The number of hydrazone groups is 1. The van der Waals surface area contributed by atoms with E-state index in [9.17, 15) is 21.6 Å². The molecule has 0 aliphatic heterocycles. The number of benzene rings is 2. The third-order valence-electron chi connectivity index (χ3n) is 3.24. The Labute approximate surface area is 137 Å². The van der Waals surface area contributed by atoms with Crippen molar-refractivity contribution in [2.45, 2.75) is 18.0 Å². The molecule has 0 aliphatic rings. The first kappa shape index (κ1) is 18.0. The zero-order valence-corrected chi connectivity index (χ0v) is 13.7.